The highest BCUT2D eigenvalue weighted by Gasteiger charge is 2.22. The summed E-state index contributed by atoms with van der Waals surface area (Å²) in [7, 11) is 2.07. The molecule has 0 unspecified atom stereocenters. The van der Waals surface area contributed by atoms with E-state index in [-0.39, 0.29) is 13.6 Å². The van der Waals surface area contributed by atoms with E-state index in [1.54, 1.807) is 0 Å². The molecule has 3 heterocycles. The van der Waals surface area contributed by atoms with Gasteiger partial charge in [-0.05, 0) is 35.7 Å². The van der Waals surface area contributed by atoms with Crippen molar-refractivity contribution in [3.8, 4) is 23.0 Å². The van der Waals surface area contributed by atoms with Gasteiger partial charge in [-0.2, -0.15) is 4.57 Å². The number of ether oxygens (including phenoxy) is 4. The van der Waals surface area contributed by atoms with Crippen LogP contribution in [0.15, 0.2) is 42.6 Å². The average molecular weight is 332 g/mol. The predicted octanol–water partition coefficient (Wildman–Crippen LogP) is 3.43. The molecule has 6 rings (SSSR count). The molecule has 5 heteroatoms. The van der Waals surface area contributed by atoms with Crippen LogP contribution in [0.3, 0.4) is 0 Å². The lowest BCUT2D eigenvalue weighted by Gasteiger charge is -2.08. The first-order chi connectivity index (χ1) is 12.3. The van der Waals surface area contributed by atoms with E-state index in [1.165, 1.54) is 5.39 Å². The Hall–Kier alpha value is -3.21. The van der Waals surface area contributed by atoms with Crippen LogP contribution in [0.1, 0.15) is 0 Å². The van der Waals surface area contributed by atoms with E-state index in [2.05, 4.69) is 42.1 Å². The Kier molecular flexibility index (Phi) is 2.33. The molecular formula is C20H14NO4+. The number of aromatic nitrogens is 1. The number of fused-ring (bicyclic) bond motifs is 7. The average Bonchev–Trinajstić information content (AvgIpc) is 3.25. The smallest absolute Gasteiger partial charge is 0.231 e. The molecule has 0 saturated carbocycles. The highest BCUT2D eigenvalue weighted by atomic mass is 16.7. The first kappa shape index (κ1) is 13.1. The zero-order chi connectivity index (χ0) is 16.5. The Morgan fingerprint density at radius 3 is 2.00 bits per heavy atom. The summed E-state index contributed by atoms with van der Waals surface area (Å²) >= 11 is 0. The van der Waals surface area contributed by atoms with Crippen LogP contribution in [0.25, 0.3) is 32.4 Å². The molecule has 0 amide bonds. The quantitative estimate of drug-likeness (QED) is 0.365. The maximum Gasteiger partial charge on any atom is 0.231 e. The number of hydrogen-bond donors (Lipinski definition) is 0. The van der Waals surface area contributed by atoms with Crippen LogP contribution < -0.4 is 23.5 Å². The van der Waals surface area contributed by atoms with Crippen LogP contribution in [0, 0.1) is 0 Å². The van der Waals surface area contributed by atoms with Crippen molar-refractivity contribution in [2.75, 3.05) is 13.6 Å². The van der Waals surface area contributed by atoms with Crippen LogP contribution in [0.5, 0.6) is 23.0 Å². The molecule has 0 N–H and O–H groups in total. The van der Waals surface area contributed by atoms with Gasteiger partial charge in [-0.25, -0.2) is 0 Å². The monoisotopic (exact) mass is 332 g/mol. The third kappa shape index (κ3) is 1.70. The van der Waals surface area contributed by atoms with E-state index in [4.69, 9.17) is 18.9 Å². The summed E-state index contributed by atoms with van der Waals surface area (Å²) < 4.78 is 24.3. The highest BCUT2D eigenvalue weighted by molar-refractivity contribution is 6.14. The van der Waals surface area contributed by atoms with Crippen molar-refractivity contribution in [3.05, 3.63) is 42.6 Å². The minimum atomic E-state index is 0.280. The van der Waals surface area contributed by atoms with E-state index < -0.39 is 0 Å². The summed E-state index contributed by atoms with van der Waals surface area (Å²) in [6.45, 7) is 0.560. The van der Waals surface area contributed by atoms with Crippen LogP contribution in [-0.4, -0.2) is 13.6 Å². The van der Waals surface area contributed by atoms with E-state index in [9.17, 15) is 0 Å². The minimum Gasteiger partial charge on any atom is -0.454 e. The van der Waals surface area contributed by atoms with Crippen LogP contribution in [0.4, 0.5) is 0 Å². The largest absolute Gasteiger partial charge is 0.454 e. The number of nitrogens with zero attached hydrogens (tertiary/aromatic N) is 1. The number of pyridine rings is 1. The number of benzene rings is 3. The molecule has 4 aromatic rings. The summed E-state index contributed by atoms with van der Waals surface area (Å²) in [6, 6.07) is 12.5. The fourth-order valence-corrected chi connectivity index (χ4v) is 3.87. The fourth-order valence-electron chi connectivity index (χ4n) is 3.87. The Labute approximate surface area is 142 Å². The Balaban J connectivity index is 1.78. The molecule has 25 heavy (non-hydrogen) atoms. The third-order valence-electron chi connectivity index (χ3n) is 5.00. The summed E-state index contributed by atoms with van der Waals surface area (Å²) in [5.41, 5.74) is 1.15. The molecule has 0 radical (unpaired) electrons. The lowest BCUT2D eigenvalue weighted by molar-refractivity contribution is -0.642. The molecule has 0 saturated heterocycles. The van der Waals surface area contributed by atoms with E-state index >= 15 is 0 Å². The number of aryl methyl sites for hydroxylation is 1. The first-order valence-corrected chi connectivity index (χ1v) is 8.16. The van der Waals surface area contributed by atoms with E-state index in [1.807, 2.05) is 12.1 Å². The van der Waals surface area contributed by atoms with Gasteiger partial charge in [-0.1, -0.05) is 6.07 Å². The van der Waals surface area contributed by atoms with Gasteiger partial charge in [0.2, 0.25) is 19.1 Å². The zero-order valence-corrected chi connectivity index (χ0v) is 13.5. The van der Waals surface area contributed by atoms with Gasteiger partial charge in [0.15, 0.2) is 29.2 Å². The molecular weight excluding hydrogens is 318 g/mol. The van der Waals surface area contributed by atoms with Gasteiger partial charge in [-0.15, -0.1) is 0 Å². The van der Waals surface area contributed by atoms with Gasteiger partial charge in [0.1, 0.15) is 7.05 Å². The molecule has 3 aromatic carbocycles. The second-order valence-corrected chi connectivity index (χ2v) is 6.42. The highest BCUT2D eigenvalue weighted by Crippen LogP contribution is 2.41. The Morgan fingerprint density at radius 2 is 1.28 bits per heavy atom. The molecule has 2 aliphatic rings. The molecule has 0 fully saturated rings. The van der Waals surface area contributed by atoms with Crippen LogP contribution >= 0.6 is 0 Å². The second kappa shape index (κ2) is 4.45. The van der Waals surface area contributed by atoms with Crippen molar-refractivity contribution < 1.29 is 23.5 Å². The van der Waals surface area contributed by atoms with Crippen LogP contribution in [-0.2, 0) is 7.05 Å². The number of hydrogen-bond acceptors (Lipinski definition) is 4. The summed E-state index contributed by atoms with van der Waals surface area (Å²) in [5, 5.41) is 5.72. The standard InChI is InChI=1S/C20H14NO4/c1-21-8-12-5-17-18(24-10-23-17)6-14(12)13-3-2-11-4-16-19(25-9-22-16)7-15(11)20(13)21/h2-8H,9-10H2,1H3/q+1. The molecule has 0 aliphatic carbocycles. The van der Waals surface area contributed by atoms with Crippen molar-refractivity contribution in [2.45, 2.75) is 0 Å². The summed E-state index contributed by atoms with van der Waals surface area (Å²) in [4.78, 5) is 0. The van der Waals surface area contributed by atoms with Gasteiger partial charge in [-0.3, -0.25) is 0 Å². The molecule has 0 atom stereocenters. The van der Waals surface area contributed by atoms with Gasteiger partial charge >= 0.3 is 0 Å². The van der Waals surface area contributed by atoms with Gasteiger partial charge in [0, 0.05) is 5.39 Å². The van der Waals surface area contributed by atoms with Crippen LogP contribution in [0.2, 0.25) is 0 Å². The molecule has 2 aliphatic heterocycles. The van der Waals surface area contributed by atoms with Crippen molar-refractivity contribution in [3.63, 3.8) is 0 Å². The summed E-state index contributed by atoms with van der Waals surface area (Å²) in [5.74, 6) is 3.20. The Bertz CT molecular complexity index is 1220. The second-order valence-electron chi connectivity index (χ2n) is 6.42. The molecule has 122 valence electrons. The number of rotatable bonds is 0. The van der Waals surface area contributed by atoms with Gasteiger partial charge < -0.3 is 18.9 Å². The van der Waals surface area contributed by atoms with Gasteiger partial charge in [0.25, 0.3) is 0 Å². The van der Waals surface area contributed by atoms with Crippen molar-refractivity contribution >= 4 is 32.4 Å². The molecule has 5 nitrogen and oxygen atoms in total. The molecule has 1 aromatic heterocycles. The molecule has 0 bridgehead atoms. The topological polar surface area (TPSA) is 40.8 Å². The predicted molar refractivity (Wildman–Crippen MR) is 92.4 cm³/mol. The summed E-state index contributed by atoms with van der Waals surface area (Å²) in [6.07, 6.45) is 2.13. The van der Waals surface area contributed by atoms with Crippen molar-refractivity contribution in [1.29, 1.82) is 0 Å². The minimum absolute atomic E-state index is 0.280. The molecule has 0 spiro atoms. The maximum absolute atomic E-state index is 5.58. The lowest BCUT2D eigenvalue weighted by atomic mass is 10.0. The Morgan fingerprint density at radius 1 is 0.680 bits per heavy atom. The van der Waals surface area contributed by atoms with Crippen molar-refractivity contribution in [2.24, 2.45) is 7.05 Å². The normalized spacial score (nSPS) is 14.8. The first-order valence-electron chi connectivity index (χ1n) is 8.16. The third-order valence-corrected chi connectivity index (χ3v) is 5.00. The van der Waals surface area contributed by atoms with E-state index in [0.717, 1.165) is 50.1 Å². The van der Waals surface area contributed by atoms with Crippen molar-refractivity contribution in [1.82, 2.24) is 0 Å². The fraction of sp³-hybridized carbons (Fsp3) is 0.150. The zero-order valence-electron chi connectivity index (χ0n) is 13.5. The van der Waals surface area contributed by atoms with E-state index in [0.29, 0.717) is 0 Å². The maximum atomic E-state index is 5.58. The SMILES string of the molecule is C[n+]1cc2cc3c(cc2c2ccc4cc5c(cc4c21)OCO5)OCO3. The van der Waals surface area contributed by atoms with Gasteiger partial charge in [0.05, 0.1) is 16.2 Å². The lowest BCUT2D eigenvalue weighted by Crippen LogP contribution is -2.28.